The third kappa shape index (κ3) is 2.89. The summed E-state index contributed by atoms with van der Waals surface area (Å²) in [5, 5.41) is 11.7. The molecule has 1 aromatic carbocycles. The first-order valence-electron chi connectivity index (χ1n) is 9.11. The third-order valence-corrected chi connectivity index (χ3v) is 5.41. The van der Waals surface area contributed by atoms with Gasteiger partial charge in [-0.25, -0.2) is 9.37 Å². The first-order chi connectivity index (χ1) is 12.5. The second kappa shape index (κ2) is 6.59. The van der Waals surface area contributed by atoms with Crippen molar-refractivity contribution >= 4 is 16.6 Å². The highest BCUT2D eigenvalue weighted by molar-refractivity contribution is 5.92. The second-order valence-electron chi connectivity index (χ2n) is 7.11. The molecule has 0 radical (unpaired) electrons. The number of alkyl halides is 1. The average Bonchev–Trinajstić information content (AvgIpc) is 3.20. The fourth-order valence-electron chi connectivity index (χ4n) is 3.71. The van der Waals surface area contributed by atoms with Crippen LogP contribution >= 0.6 is 0 Å². The fraction of sp³-hybridized carbons (Fsp3) is 0.400. The number of benzene rings is 1. The first kappa shape index (κ1) is 16.8. The number of hydrogen-bond donors (Lipinski definition) is 2. The molecule has 2 aromatic heterocycles. The molecule has 1 aliphatic carbocycles. The van der Waals surface area contributed by atoms with Gasteiger partial charge in [0.05, 0.1) is 29.1 Å². The lowest BCUT2D eigenvalue weighted by Gasteiger charge is -2.28. The number of nitrogens with one attached hydrogen (secondary N) is 2. The van der Waals surface area contributed by atoms with Gasteiger partial charge in [-0.1, -0.05) is 25.5 Å². The van der Waals surface area contributed by atoms with E-state index in [0.717, 1.165) is 52.9 Å². The Labute approximate surface area is 152 Å². The number of H-pyrrole nitrogens is 1. The summed E-state index contributed by atoms with van der Waals surface area (Å²) in [6, 6.07) is 5.97. The first-order valence-corrected chi connectivity index (χ1v) is 9.11. The Bertz CT molecular complexity index is 954. The van der Waals surface area contributed by atoms with E-state index >= 15 is 0 Å². The van der Waals surface area contributed by atoms with Crippen LogP contribution in [0.3, 0.4) is 0 Å². The molecule has 2 N–H and O–H groups in total. The molecule has 4 rings (SSSR count). The Kier molecular flexibility index (Phi) is 4.26. The van der Waals surface area contributed by atoms with Crippen molar-refractivity contribution in [3.05, 3.63) is 42.5 Å². The number of aromatic amines is 1. The van der Waals surface area contributed by atoms with Crippen molar-refractivity contribution in [2.45, 2.75) is 44.8 Å². The van der Waals surface area contributed by atoms with E-state index in [9.17, 15) is 4.39 Å². The maximum Gasteiger partial charge on any atom is 0.120 e. The molecule has 0 amide bonds. The van der Waals surface area contributed by atoms with Crippen molar-refractivity contribution in [1.29, 1.82) is 0 Å². The van der Waals surface area contributed by atoms with Crippen LogP contribution in [0.2, 0.25) is 0 Å². The smallest absolute Gasteiger partial charge is 0.120 e. The number of halogens is 1. The van der Waals surface area contributed by atoms with Crippen LogP contribution in [0, 0.1) is 6.92 Å². The van der Waals surface area contributed by atoms with Crippen molar-refractivity contribution in [1.82, 2.24) is 25.1 Å². The van der Waals surface area contributed by atoms with E-state index in [4.69, 9.17) is 0 Å². The van der Waals surface area contributed by atoms with Crippen LogP contribution in [-0.2, 0) is 7.05 Å². The number of imidazole rings is 1. The molecule has 5 nitrogen and oxygen atoms in total. The van der Waals surface area contributed by atoms with E-state index in [2.05, 4.69) is 43.8 Å². The van der Waals surface area contributed by atoms with Gasteiger partial charge in [0.25, 0.3) is 0 Å². The fourth-order valence-corrected chi connectivity index (χ4v) is 3.71. The minimum Gasteiger partial charge on any atom is -0.378 e. The SMILES string of the molecule is C=C(N[C@@H]1CCCCC1F)c1n[nH]c2ccc(-c3cnc(C)n3C)cc12. The van der Waals surface area contributed by atoms with E-state index in [0.29, 0.717) is 12.1 Å². The van der Waals surface area contributed by atoms with E-state index < -0.39 is 6.17 Å². The highest BCUT2D eigenvalue weighted by Crippen LogP contribution is 2.29. The lowest BCUT2D eigenvalue weighted by atomic mass is 9.93. The standard InChI is InChI=1S/C20H24FN5/c1-12(23-18-7-5-4-6-16(18)21)20-15-10-14(8-9-17(15)24-25-20)19-11-22-13(2)26(19)3/h8-11,16,18,23H,1,4-7H2,2-3H3,(H,24,25)/t16?,18-/m1/s1. The molecule has 2 atom stereocenters. The average molecular weight is 353 g/mol. The quantitative estimate of drug-likeness (QED) is 0.742. The molecule has 1 fully saturated rings. The molecule has 26 heavy (non-hydrogen) atoms. The summed E-state index contributed by atoms with van der Waals surface area (Å²) in [4.78, 5) is 4.37. The number of aryl methyl sites for hydroxylation is 1. The second-order valence-corrected chi connectivity index (χ2v) is 7.11. The molecule has 2 heterocycles. The third-order valence-electron chi connectivity index (χ3n) is 5.41. The number of aromatic nitrogens is 4. The van der Waals surface area contributed by atoms with E-state index in [1.807, 2.05) is 26.2 Å². The maximum absolute atomic E-state index is 14.2. The molecular formula is C20H24FN5. The number of nitrogens with zero attached hydrogens (tertiary/aromatic N) is 3. The lowest BCUT2D eigenvalue weighted by Crippen LogP contribution is -2.38. The summed E-state index contributed by atoms with van der Waals surface area (Å²) in [6.07, 6.45) is 4.53. The zero-order chi connectivity index (χ0) is 18.3. The van der Waals surface area contributed by atoms with Crippen LogP contribution in [0.1, 0.15) is 37.2 Å². The molecule has 0 saturated heterocycles. The molecule has 1 aliphatic rings. The van der Waals surface area contributed by atoms with E-state index in [-0.39, 0.29) is 6.04 Å². The number of rotatable bonds is 4. The van der Waals surface area contributed by atoms with Crippen LogP contribution in [0.4, 0.5) is 4.39 Å². The highest BCUT2D eigenvalue weighted by Gasteiger charge is 2.25. The summed E-state index contributed by atoms with van der Waals surface area (Å²) in [7, 11) is 2.00. The minimum atomic E-state index is -0.821. The summed E-state index contributed by atoms with van der Waals surface area (Å²) < 4.78 is 16.2. The van der Waals surface area contributed by atoms with Gasteiger partial charge in [0.15, 0.2) is 0 Å². The van der Waals surface area contributed by atoms with Gasteiger partial charge in [-0.05, 0) is 31.9 Å². The number of hydrogen-bond acceptors (Lipinski definition) is 3. The Balaban J connectivity index is 1.66. The van der Waals surface area contributed by atoms with E-state index in [1.165, 1.54) is 0 Å². The molecular weight excluding hydrogens is 329 g/mol. The van der Waals surface area contributed by atoms with Crippen LogP contribution in [0.25, 0.3) is 27.9 Å². The normalized spacial score (nSPS) is 20.4. The van der Waals surface area contributed by atoms with Crippen molar-refractivity contribution in [3.8, 4) is 11.3 Å². The van der Waals surface area contributed by atoms with Crippen molar-refractivity contribution in [2.75, 3.05) is 0 Å². The van der Waals surface area contributed by atoms with Gasteiger partial charge in [0.1, 0.15) is 17.7 Å². The molecule has 0 spiro atoms. The van der Waals surface area contributed by atoms with Gasteiger partial charge in [-0.2, -0.15) is 5.10 Å². The predicted molar refractivity (Wildman–Crippen MR) is 102 cm³/mol. The lowest BCUT2D eigenvalue weighted by molar-refractivity contribution is 0.203. The zero-order valence-electron chi connectivity index (χ0n) is 15.2. The molecule has 1 saturated carbocycles. The van der Waals surface area contributed by atoms with Crippen LogP contribution in [0.5, 0.6) is 0 Å². The Hall–Kier alpha value is -2.63. The van der Waals surface area contributed by atoms with Crippen molar-refractivity contribution in [3.63, 3.8) is 0 Å². The topological polar surface area (TPSA) is 58.5 Å². The zero-order valence-corrected chi connectivity index (χ0v) is 15.2. The monoisotopic (exact) mass is 353 g/mol. The van der Waals surface area contributed by atoms with Gasteiger partial charge in [0, 0.05) is 18.0 Å². The van der Waals surface area contributed by atoms with Gasteiger partial charge in [-0.3, -0.25) is 5.10 Å². The summed E-state index contributed by atoms with van der Waals surface area (Å²) in [6.45, 7) is 6.10. The van der Waals surface area contributed by atoms with Gasteiger partial charge >= 0.3 is 0 Å². The molecule has 0 bridgehead atoms. The van der Waals surface area contributed by atoms with Crippen LogP contribution in [0.15, 0.2) is 31.0 Å². The van der Waals surface area contributed by atoms with Crippen LogP contribution < -0.4 is 5.32 Å². The molecule has 1 unspecified atom stereocenters. The predicted octanol–water partition coefficient (Wildman–Crippen LogP) is 4.11. The summed E-state index contributed by atoms with van der Waals surface area (Å²) >= 11 is 0. The maximum atomic E-state index is 14.2. The Morgan fingerprint density at radius 3 is 2.88 bits per heavy atom. The molecule has 0 aliphatic heterocycles. The Morgan fingerprint density at radius 2 is 2.15 bits per heavy atom. The Morgan fingerprint density at radius 1 is 1.35 bits per heavy atom. The van der Waals surface area contributed by atoms with Crippen molar-refractivity contribution in [2.24, 2.45) is 7.05 Å². The number of fused-ring (bicyclic) bond motifs is 1. The van der Waals surface area contributed by atoms with Crippen molar-refractivity contribution < 1.29 is 4.39 Å². The summed E-state index contributed by atoms with van der Waals surface area (Å²) in [5.74, 6) is 0.963. The van der Waals surface area contributed by atoms with Gasteiger partial charge in [-0.15, -0.1) is 0 Å². The van der Waals surface area contributed by atoms with Crippen LogP contribution in [-0.4, -0.2) is 32.0 Å². The molecule has 3 aromatic rings. The largest absolute Gasteiger partial charge is 0.378 e. The molecule has 6 heteroatoms. The summed E-state index contributed by atoms with van der Waals surface area (Å²) in [5.41, 5.74) is 4.47. The van der Waals surface area contributed by atoms with Gasteiger partial charge < -0.3 is 9.88 Å². The highest BCUT2D eigenvalue weighted by atomic mass is 19.1. The van der Waals surface area contributed by atoms with E-state index in [1.54, 1.807) is 0 Å². The van der Waals surface area contributed by atoms with Gasteiger partial charge in [0.2, 0.25) is 0 Å². The molecule has 136 valence electrons. The minimum absolute atomic E-state index is 0.175.